The van der Waals surface area contributed by atoms with Crippen LogP contribution >= 0.6 is 0 Å². The summed E-state index contributed by atoms with van der Waals surface area (Å²) in [7, 11) is 0. The van der Waals surface area contributed by atoms with Crippen molar-refractivity contribution in [3.63, 3.8) is 0 Å². The Bertz CT molecular complexity index is 245. The number of carbonyl (C=O) groups is 1. The highest BCUT2D eigenvalue weighted by Crippen LogP contribution is 2.35. The molecule has 0 saturated carbocycles. The number of benzene rings is 1. The van der Waals surface area contributed by atoms with Gasteiger partial charge in [0.2, 0.25) is 0 Å². The third-order valence-electron chi connectivity index (χ3n) is 1.07. The molecule has 0 bridgehead atoms. The van der Waals surface area contributed by atoms with E-state index in [1.165, 1.54) is 0 Å². The molecule has 0 radical (unpaired) electrons. The summed E-state index contributed by atoms with van der Waals surface area (Å²) in [5, 5.41) is 41.7. The van der Waals surface area contributed by atoms with E-state index >= 15 is 0 Å². The molecule has 0 unspecified atom stereocenters. The van der Waals surface area contributed by atoms with Gasteiger partial charge in [0.15, 0.2) is 23.0 Å². The van der Waals surface area contributed by atoms with Crippen LogP contribution < -0.4 is 0 Å². The molecule has 0 aliphatic rings. The minimum Gasteiger partial charge on any atom is -0.504 e. The highest BCUT2D eigenvalue weighted by Gasteiger charge is 2.04. The lowest BCUT2D eigenvalue weighted by Crippen LogP contribution is -1.70. The zero-order chi connectivity index (χ0) is 10.4. The predicted octanol–water partition coefficient (Wildman–Crippen LogP) is 0.210. The summed E-state index contributed by atoms with van der Waals surface area (Å²) in [6, 6.07) is 1.70. The molecule has 13 heavy (non-hydrogen) atoms. The van der Waals surface area contributed by atoms with Crippen LogP contribution in [0.3, 0.4) is 0 Å². The van der Waals surface area contributed by atoms with Gasteiger partial charge in [-0.15, -0.1) is 0 Å². The average Bonchev–Trinajstić information content (AvgIpc) is 2.03. The Balaban J connectivity index is 0.000000424. The molecule has 6 nitrogen and oxygen atoms in total. The summed E-state index contributed by atoms with van der Waals surface area (Å²) in [4.78, 5) is 8.36. The van der Waals surface area contributed by atoms with E-state index < -0.39 is 23.0 Å². The first-order chi connectivity index (χ1) is 6.02. The maximum atomic E-state index is 8.70. The van der Waals surface area contributed by atoms with Gasteiger partial charge in [0, 0.05) is 12.1 Å². The molecule has 72 valence electrons. The first-order valence-electron chi connectivity index (χ1n) is 3.04. The normalized spacial score (nSPS) is 8.31. The van der Waals surface area contributed by atoms with Crippen LogP contribution in [0.2, 0.25) is 0 Å². The van der Waals surface area contributed by atoms with Gasteiger partial charge < -0.3 is 25.5 Å². The summed E-state index contributed by atoms with van der Waals surface area (Å²) < 4.78 is 0. The standard InChI is InChI=1S/C6H6O4.CH2O2/c7-3-1-4(8)6(10)2-5(3)9;2-1-3/h1-2,7-10H;1H,(H,2,3). The molecule has 0 amide bonds. The zero-order valence-corrected chi connectivity index (χ0v) is 6.38. The van der Waals surface area contributed by atoms with Gasteiger partial charge in [-0.25, -0.2) is 0 Å². The molecular formula is C7H8O6. The van der Waals surface area contributed by atoms with Crippen molar-refractivity contribution in [3.8, 4) is 23.0 Å². The molecule has 6 heteroatoms. The lowest BCUT2D eigenvalue weighted by atomic mass is 10.3. The van der Waals surface area contributed by atoms with Crippen LogP contribution in [0.5, 0.6) is 23.0 Å². The molecule has 0 aliphatic heterocycles. The van der Waals surface area contributed by atoms with Crippen LogP contribution in [0.1, 0.15) is 0 Å². The zero-order valence-electron chi connectivity index (χ0n) is 6.38. The van der Waals surface area contributed by atoms with Gasteiger partial charge in [0.1, 0.15) is 0 Å². The smallest absolute Gasteiger partial charge is 0.290 e. The SMILES string of the molecule is O=CO.Oc1cc(O)c(O)cc1O. The Labute approximate surface area is 72.9 Å². The summed E-state index contributed by atoms with van der Waals surface area (Å²) in [5.41, 5.74) is 0. The topological polar surface area (TPSA) is 118 Å². The molecular weight excluding hydrogens is 180 g/mol. The third kappa shape index (κ3) is 3.19. The van der Waals surface area contributed by atoms with Crippen LogP contribution in [0, 0.1) is 0 Å². The van der Waals surface area contributed by atoms with Crippen LogP contribution in [0.4, 0.5) is 0 Å². The van der Waals surface area contributed by atoms with Crippen LogP contribution in [-0.4, -0.2) is 32.0 Å². The van der Waals surface area contributed by atoms with E-state index in [0.717, 1.165) is 12.1 Å². The largest absolute Gasteiger partial charge is 0.504 e. The number of hydrogen-bond donors (Lipinski definition) is 5. The van der Waals surface area contributed by atoms with Crippen molar-refractivity contribution in [2.24, 2.45) is 0 Å². The van der Waals surface area contributed by atoms with Crippen LogP contribution in [0.25, 0.3) is 0 Å². The highest BCUT2D eigenvalue weighted by atomic mass is 16.3. The summed E-state index contributed by atoms with van der Waals surface area (Å²) in [6.45, 7) is -0.250. The van der Waals surface area contributed by atoms with E-state index in [4.69, 9.17) is 30.3 Å². The molecule has 1 aromatic rings. The fourth-order valence-corrected chi connectivity index (χ4v) is 0.555. The number of hydrogen-bond acceptors (Lipinski definition) is 5. The second-order valence-electron chi connectivity index (χ2n) is 1.94. The van der Waals surface area contributed by atoms with Crippen molar-refractivity contribution in [2.75, 3.05) is 0 Å². The molecule has 0 atom stereocenters. The Morgan fingerprint density at radius 3 is 1.15 bits per heavy atom. The average molecular weight is 188 g/mol. The number of aromatic hydroxyl groups is 4. The predicted molar refractivity (Wildman–Crippen MR) is 41.8 cm³/mol. The summed E-state index contributed by atoms with van der Waals surface area (Å²) in [6.07, 6.45) is 0. The minimum absolute atomic E-state index is 0.250. The number of carboxylic acid groups (broad SMARTS) is 1. The lowest BCUT2D eigenvalue weighted by Gasteiger charge is -1.99. The Hall–Kier alpha value is -2.11. The Kier molecular flexibility index (Phi) is 3.94. The summed E-state index contributed by atoms with van der Waals surface area (Å²) in [5.74, 6) is -1.85. The van der Waals surface area contributed by atoms with Crippen LogP contribution in [-0.2, 0) is 4.79 Å². The van der Waals surface area contributed by atoms with Gasteiger partial charge in [-0.05, 0) is 0 Å². The van der Waals surface area contributed by atoms with Gasteiger partial charge in [-0.2, -0.15) is 0 Å². The number of phenolic OH excluding ortho intramolecular Hbond substituents is 4. The van der Waals surface area contributed by atoms with E-state index in [1.807, 2.05) is 0 Å². The quantitative estimate of drug-likeness (QED) is 0.225. The maximum absolute atomic E-state index is 8.70. The van der Waals surface area contributed by atoms with E-state index in [0.29, 0.717) is 0 Å². The van der Waals surface area contributed by atoms with Gasteiger partial charge in [0.25, 0.3) is 6.47 Å². The van der Waals surface area contributed by atoms with E-state index in [1.54, 1.807) is 0 Å². The van der Waals surface area contributed by atoms with Crippen LogP contribution in [0.15, 0.2) is 12.1 Å². The molecule has 0 saturated heterocycles. The van der Waals surface area contributed by atoms with E-state index in [2.05, 4.69) is 0 Å². The van der Waals surface area contributed by atoms with Crippen molar-refractivity contribution in [1.29, 1.82) is 0 Å². The molecule has 1 rings (SSSR count). The molecule has 5 N–H and O–H groups in total. The van der Waals surface area contributed by atoms with Crippen molar-refractivity contribution in [1.82, 2.24) is 0 Å². The molecule has 0 spiro atoms. The van der Waals surface area contributed by atoms with Crippen molar-refractivity contribution in [3.05, 3.63) is 12.1 Å². The van der Waals surface area contributed by atoms with Gasteiger partial charge in [-0.3, -0.25) is 4.79 Å². The monoisotopic (exact) mass is 188 g/mol. The summed E-state index contributed by atoms with van der Waals surface area (Å²) >= 11 is 0. The Morgan fingerprint density at radius 2 is 1.00 bits per heavy atom. The molecule has 1 aromatic carbocycles. The van der Waals surface area contributed by atoms with E-state index in [9.17, 15) is 0 Å². The minimum atomic E-state index is -0.463. The third-order valence-corrected chi connectivity index (χ3v) is 1.07. The Morgan fingerprint density at radius 1 is 0.846 bits per heavy atom. The molecule has 0 aliphatic carbocycles. The fourth-order valence-electron chi connectivity index (χ4n) is 0.555. The first-order valence-corrected chi connectivity index (χ1v) is 3.04. The fraction of sp³-hybridized carbons (Fsp3) is 0. The second-order valence-corrected chi connectivity index (χ2v) is 1.94. The van der Waals surface area contributed by atoms with E-state index in [-0.39, 0.29) is 6.47 Å². The van der Waals surface area contributed by atoms with Gasteiger partial charge in [0.05, 0.1) is 0 Å². The van der Waals surface area contributed by atoms with Gasteiger partial charge in [-0.1, -0.05) is 0 Å². The second kappa shape index (κ2) is 4.70. The maximum Gasteiger partial charge on any atom is 0.290 e. The lowest BCUT2D eigenvalue weighted by molar-refractivity contribution is -0.122. The molecule has 0 aromatic heterocycles. The van der Waals surface area contributed by atoms with Crippen molar-refractivity contribution >= 4 is 6.47 Å². The highest BCUT2D eigenvalue weighted by molar-refractivity contribution is 5.51. The number of phenols is 4. The van der Waals surface area contributed by atoms with Crippen molar-refractivity contribution < 1.29 is 30.3 Å². The molecule has 0 fully saturated rings. The van der Waals surface area contributed by atoms with Gasteiger partial charge >= 0.3 is 0 Å². The van der Waals surface area contributed by atoms with Crippen molar-refractivity contribution in [2.45, 2.75) is 0 Å². The first kappa shape index (κ1) is 10.9. The number of rotatable bonds is 0. The molecule has 0 heterocycles.